The van der Waals surface area contributed by atoms with Gasteiger partial charge >= 0.3 is 5.97 Å². The lowest BCUT2D eigenvalue weighted by atomic mass is 10.0. The van der Waals surface area contributed by atoms with Crippen molar-refractivity contribution >= 4 is 22.6 Å². The van der Waals surface area contributed by atoms with E-state index < -0.39 is 12.0 Å². The Balaban J connectivity index is 2.23. The van der Waals surface area contributed by atoms with Crippen molar-refractivity contribution in [1.29, 1.82) is 0 Å². The van der Waals surface area contributed by atoms with Gasteiger partial charge in [-0.25, -0.2) is 9.78 Å². The second-order valence-electron chi connectivity index (χ2n) is 4.83. The smallest absolute Gasteiger partial charge is 0.326 e. The van der Waals surface area contributed by atoms with Crippen molar-refractivity contribution < 1.29 is 9.90 Å². The van der Waals surface area contributed by atoms with Crippen LogP contribution in [0.4, 0.5) is 5.13 Å². The Bertz CT molecular complexity index is 419. The normalized spacial score (nSPS) is 24.6. The molecule has 2 atom stereocenters. The second kappa shape index (κ2) is 4.60. The largest absolute Gasteiger partial charge is 0.480 e. The van der Waals surface area contributed by atoms with E-state index in [1.54, 1.807) is 0 Å². The molecule has 5 nitrogen and oxygen atoms in total. The summed E-state index contributed by atoms with van der Waals surface area (Å²) in [5, 5.41) is 9.99. The maximum absolute atomic E-state index is 11.3. The molecule has 1 N–H and O–H groups in total. The van der Waals surface area contributed by atoms with Crippen molar-refractivity contribution in [3.63, 3.8) is 0 Å². The molecule has 1 aromatic heterocycles. The van der Waals surface area contributed by atoms with Crippen LogP contribution in [-0.2, 0) is 4.79 Å². The van der Waals surface area contributed by atoms with Crippen LogP contribution < -0.4 is 4.90 Å². The van der Waals surface area contributed by atoms with Crippen LogP contribution in [0.25, 0.3) is 0 Å². The third-order valence-electron chi connectivity index (χ3n) is 3.15. The quantitative estimate of drug-likeness (QED) is 0.894. The van der Waals surface area contributed by atoms with E-state index in [-0.39, 0.29) is 11.8 Å². The Labute approximate surface area is 105 Å². The van der Waals surface area contributed by atoms with Gasteiger partial charge in [0.15, 0.2) is 0 Å². The van der Waals surface area contributed by atoms with E-state index in [0.717, 1.165) is 23.9 Å². The van der Waals surface area contributed by atoms with Gasteiger partial charge in [0.1, 0.15) is 11.9 Å². The molecule has 2 heterocycles. The molecule has 1 aliphatic rings. The van der Waals surface area contributed by atoms with Crippen LogP contribution in [0, 0.1) is 5.92 Å². The van der Waals surface area contributed by atoms with Gasteiger partial charge in [-0.15, -0.1) is 0 Å². The number of hydrogen-bond acceptors (Lipinski definition) is 5. The summed E-state index contributed by atoms with van der Waals surface area (Å²) in [4.78, 5) is 17.6. The highest BCUT2D eigenvalue weighted by atomic mass is 32.1. The first-order valence-electron chi connectivity index (χ1n) is 5.83. The topological polar surface area (TPSA) is 66.3 Å². The van der Waals surface area contributed by atoms with Crippen LogP contribution in [0.1, 0.15) is 38.9 Å². The van der Waals surface area contributed by atoms with Gasteiger partial charge in [0.2, 0.25) is 5.13 Å². The fraction of sp³-hybridized carbons (Fsp3) is 0.727. The van der Waals surface area contributed by atoms with Crippen molar-refractivity contribution in [3.05, 3.63) is 5.82 Å². The Morgan fingerprint density at radius 3 is 2.82 bits per heavy atom. The summed E-state index contributed by atoms with van der Waals surface area (Å²) < 4.78 is 4.28. The summed E-state index contributed by atoms with van der Waals surface area (Å²) in [6.07, 6.45) is 0.896. The van der Waals surface area contributed by atoms with Crippen LogP contribution in [0.15, 0.2) is 0 Å². The molecule has 0 aliphatic carbocycles. The lowest BCUT2D eigenvalue weighted by Gasteiger charge is -2.21. The van der Waals surface area contributed by atoms with E-state index in [1.165, 1.54) is 11.5 Å². The van der Waals surface area contributed by atoms with E-state index in [0.29, 0.717) is 0 Å². The molecule has 1 aromatic rings. The van der Waals surface area contributed by atoms with Gasteiger partial charge in [0, 0.05) is 24.0 Å². The number of carbonyl (C=O) groups is 1. The predicted octanol–water partition coefficient (Wildman–Crippen LogP) is 1.96. The van der Waals surface area contributed by atoms with Crippen molar-refractivity contribution in [2.24, 2.45) is 5.92 Å². The third kappa shape index (κ3) is 2.26. The first kappa shape index (κ1) is 12.3. The number of carboxylic acids is 1. The lowest BCUT2D eigenvalue weighted by Crippen LogP contribution is -2.39. The molecule has 0 aromatic carbocycles. The Morgan fingerprint density at radius 1 is 1.59 bits per heavy atom. The minimum absolute atomic E-state index is 0.166. The molecule has 0 spiro atoms. The third-order valence-corrected chi connectivity index (χ3v) is 3.91. The fourth-order valence-corrected chi connectivity index (χ4v) is 2.99. The van der Waals surface area contributed by atoms with Gasteiger partial charge in [0.05, 0.1) is 0 Å². The van der Waals surface area contributed by atoms with E-state index in [2.05, 4.69) is 9.36 Å². The van der Waals surface area contributed by atoms with Gasteiger partial charge in [-0.1, -0.05) is 20.8 Å². The first-order valence-corrected chi connectivity index (χ1v) is 6.61. The van der Waals surface area contributed by atoms with Gasteiger partial charge in [-0.3, -0.25) is 0 Å². The highest BCUT2D eigenvalue weighted by molar-refractivity contribution is 7.09. The molecule has 2 unspecified atom stereocenters. The van der Waals surface area contributed by atoms with Gasteiger partial charge in [-0.05, 0) is 12.3 Å². The number of rotatable bonds is 3. The summed E-state index contributed by atoms with van der Waals surface area (Å²) >= 11 is 1.30. The number of aromatic nitrogens is 2. The minimum Gasteiger partial charge on any atom is -0.480 e. The molecule has 17 heavy (non-hydrogen) atoms. The summed E-state index contributed by atoms with van der Waals surface area (Å²) in [6, 6.07) is -0.456. The second-order valence-corrected chi connectivity index (χ2v) is 5.56. The highest BCUT2D eigenvalue weighted by Crippen LogP contribution is 2.31. The zero-order valence-electron chi connectivity index (χ0n) is 10.3. The predicted molar refractivity (Wildman–Crippen MR) is 66.5 cm³/mol. The molecule has 2 rings (SSSR count). The lowest BCUT2D eigenvalue weighted by molar-refractivity contribution is -0.139. The van der Waals surface area contributed by atoms with Crippen LogP contribution in [0.2, 0.25) is 0 Å². The zero-order valence-corrected chi connectivity index (χ0v) is 11.1. The molecule has 1 aliphatic heterocycles. The van der Waals surface area contributed by atoms with E-state index >= 15 is 0 Å². The first-order chi connectivity index (χ1) is 8.00. The van der Waals surface area contributed by atoms with Crippen molar-refractivity contribution in [2.75, 3.05) is 11.4 Å². The molecular weight excluding hydrogens is 238 g/mol. The van der Waals surface area contributed by atoms with Crippen LogP contribution in [0.3, 0.4) is 0 Å². The molecule has 1 saturated heterocycles. The SMILES string of the molecule is CC(C)c1nsc(N2CCC(C)C2C(=O)O)n1. The molecule has 0 saturated carbocycles. The van der Waals surface area contributed by atoms with Crippen molar-refractivity contribution in [1.82, 2.24) is 9.36 Å². The maximum Gasteiger partial charge on any atom is 0.326 e. The zero-order chi connectivity index (χ0) is 12.6. The van der Waals surface area contributed by atoms with Crippen LogP contribution >= 0.6 is 11.5 Å². The average molecular weight is 255 g/mol. The summed E-state index contributed by atoms with van der Waals surface area (Å²) in [7, 11) is 0. The summed E-state index contributed by atoms with van der Waals surface area (Å²) in [6.45, 7) is 6.80. The molecule has 1 fully saturated rings. The van der Waals surface area contributed by atoms with E-state index in [9.17, 15) is 9.90 Å². The van der Waals surface area contributed by atoms with Crippen molar-refractivity contribution in [2.45, 2.75) is 39.2 Å². The summed E-state index contributed by atoms with van der Waals surface area (Å²) in [5.41, 5.74) is 0. The maximum atomic E-state index is 11.3. The van der Waals surface area contributed by atoms with Gasteiger partial charge in [-0.2, -0.15) is 4.37 Å². The van der Waals surface area contributed by atoms with Crippen LogP contribution in [0.5, 0.6) is 0 Å². The average Bonchev–Trinajstić information content (AvgIpc) is 2.82. The van der Waals surface area contributed by atoms with Gasteiger partial charge in [0.25, 0.3) is 0 Å². The molecule has 6 heteroatoms. The van der Waals surface area contributed by atoms with E-state index in [1.807, 2.05) is 25.7 Å². The molecule has 0 bridgehead atoms. The highest BCUT2D eigenvalue weighted by Gasteiger charge is 2.38. The Morgan fingerprint density at radius 2 is 2.29 bits per heavy atom. The molecule has 94 valence electrons. The Hall–Kier alpha value is -1.17. The summed E-state index contributed by atoms with van der Waals surface area (Å²) in [5.74, 6) is 0.479. The minimum atomic E-state index is -0.767. The monoisotopic (exact) mass is 255 g/mol. The number of carboxylic acid groups (broad SMARTS) is 1. The molecular formula is C11H17N3O2S. The number of aliphatic carboxylic acids is 1. The molecule has 0 amide bonds. The number of nitrogens with zero attached hydrogens (tertiary/aromatic N) is 3. The van der Waals surface area contributed by atoms with E-state index in [4.69, 9.17) is 0 Å². The van der Waals surface area contributed by atoms with Crippen LogP contribution in [-0.4, -0.2) is 33.0 Å². The van der Waals surface area contributed by atoms with Gasteiger partial charge < -0.3 is 10.0 Å². The number of hydrogen-bond donors (Lipinski definition) is 1. The fourth-order valence-electron chi connectivity index (χ4n) is 2.12. The standard InChI is InChI=1S/C11H17N3O2S/c1-6(2)9-12-11(17-13-9)14-5-4-7(3)8(14)10(15)16/h6-8H,4-5H2,1-3H3,(H,15,16). The Kier molecular flexibility index (Phi) is 3.33. The number of anilines is 1. The van der Waals surface area contributed by atoms with Crippen molar-refractivity contribution in [3.8, 4) is 0 Å². The molecule has 0 radical (unpaired) electrons.